The summed E-state index contributed by atoms with van der Waals surface area (Å²) in [6, 6.07) is 5.34. The number of hydrogen-bond acceptors (Lipinski definition) is 4. The van der Waals surface area contributed by atoms with E-state index in [9.17, 15) is 4.79 Å². The molecule has 0 unspecified atom stereocenters. The molecular weight excluding hydrogens is 312 g/mol. The molecule has 1 rings (SSSR count). The molecular formula is C14H19BrO4. The molecule has 1 aromatic rings. The first-order chi connectivity index (χ1) is 9.08. The van der Waals surface area contributed by atoms with Crippen molar-refractivity contribution in [2.75, 3.05) is 19.8 Å². The van der Waals surface area contributed by atoms with Crippen LogP contribution in [-0.2, 0) is 9.47 Å². The Labute approximate surface area is 122 Å². The molecule has 0 aliphatic rings. The Kier molecular flexibility index (Phi) is 7.05. The van der Waals surface area contributed by atoms with Gasteiger partial charge in [0.2, 0.25) is 0 Å². The Morgan fingerprint density at radius 3 is 2.42 bits per heavy atom. The van der Waals surface area contributed by atoms with Crippen molar-refractivity contribution in [3.63, 3.8) is 0 Å². The molecule has 0 fully saturated rings. The van der Waals surface area contributed by atoms with E-state index in [1.165, 1.54) is 6.92 Å². The second-order valence-corrected chi connectivity index (χ2v) is 4.76. The van der Waals surface area contributed by atoms with Crippen LogP contribution in [0.2, 0.25) is 0 Å². The van der Waals surface area contributed by atoms with Crippen LogP contribution in [0.3, 0.4) is 0 Å². The lowest BCUT2D eigenvalue weighted by molar-refractivity contribution is -0.152. The third-order valence-electron chi connectivity index (χ3n) is 2.40. The second kappa shape index (κ2) is 8.30. The largest absolute Gasteiger partial charge is 0.488 e. The zero-order valence-electron chi connectivity index (χ0n) is 11.4. The number of Topliss-reactive ketones (excluding diaryl/α,β-unsaturated/α-hetero) is 1. The maximum absolute atomic E-state index is 11.6. The molecule has 106 valence electrons. The Hall–Kier alpha value is -0.910. The number of halogens is 1. The smallest absolute Gasteiger partial charge is 0.191 e. The summed E-state index contributed by atoms with van der Waals surface area (Å²) in [5, 5.41) is 0. The molecule has 0 heterocycles. The number of benzene rings is 1. The van der Waals surface area contributed by atoms with Crippen molar-refractivity contribution in [2.45, 2.75) is 27.1 Å². The SMILES string of the molecule is CCOC(COc1ccc(Br)cc1C(C)=O)OCC. The first kappa shape index (κ1) is 16.1. The van der Waals surface area contributed by atoms with Crippen LogP contribution >= 0.6 is 15.9 Å². The molecule has 4 nitrogen and oxygen atoms in total. The normalized spacial score (nSPS) is 10.8. The van der Waals surface area contributed by atoms with E-state index in [-0.39, 0.29) is 12.4 Å². The van der Waals surface area contributed by atoms with E-state index >= 15 is 0 Å². The fraction of sp³-hybridized carbons (Fsp3) is 0.500. The van der Waals surface area contributed by atoms with E-state index in [0.717, 1.165) is 4.47 Å². The van der Waals surface area contributed by atoms with Gasteiger partial charge < -0.3 is 14.2 Å². The highest BCUT2D eigenvalue weighted by Gasteiger charge is 2.13. The van der Waals surface area contributed by atoms with Gasteiger partial charge in [-0.15, -0.1) is 0 Å². The van der Waals surface area contributed by atoms with Gasteiger partial charge in [0.15, 0.2) is 12.1 Å². The van der Waals surface area contributed by atoms with Crippen molar-refractivity contribution in [2.24, 2.45) is 0 Å². The summed E-state index contributed by atoms with van der Waals surface area (Å²) in [6.45, 7) is 6.65. The molecule has 0 bridgehead atoms. The van der Waals surface area contributed by atoms with Gasteiger partial charge in [0.1, 0.15) is 12.4 Å². The Bertz CT molecular complexity index is 414. The molecule has 0 radical (unpaired) electrons. The van der Waals surface area contributed by atoms with Gasteiger partial charge in [-0.3, -0.25) is 4.79 Å². The average Bonchev–Trinajstić information content (AvgIpc) is 2.37. The van der Waals surface area contributed by atoms with Crippen LogP contribution in [-0.4, -0.2) is 31.9 Å². The molecule has 5 heteroatoms. The highest BCUT2D eigenvalue weighted by atomic mass is 79.9. The summed E-state index contributed by atoms with van der Waals surface area (Å²) in [6.07, 6.45) is -0.418. The highest BCUT2D eigenvalue weighted by molar-refractivity contribution is 9.10. The molecule has 0 amide bonds. The molecule has 0 aliphatic heterocycles. The van der Waals surface area contributed by atoms with Gasteiger partial charge in [-0.2, -0.15) is 0 Å². The number of ketones is 1. The first-order valence-corrected chi connectivity index (χ1v) is 7.04. The zero-order valence-corrected chi connectivity index (χ0v) is 13.0. The predicted octanol–water partition coefficient (Wildman–Crippen LogP) is 3.43. The average molecular weight is 331 g/mol. The molecule has 0 atom stereocenters. The fourth-order valence-electron chi connectivity index (χ4n) is 1.58. The lowest BCUT2D eigenvalue weighted by Crippen LogP contribution is -2.25. The van der Waals surface area contributed by atoms with Crippen LogP contribution in [0.15, 0.2) is 22.7 Å². The first-order valence-electron chi connectivity index (χ1n) is 6.25. The Balaban J connectivity index is 2.73. The van der Waals surface area contributed by atoms with Crippen LogP contribution in [0.5, 0.6) is 5.75 Å². The molecule has 0 spiro atoms. The summed E-state index contributed by atoms with van der Waals surface area (Å²) in [5.41, 5.74) is 0.543. The van der Waals surface area contributed by atoms with E-state index in [4.69, 9.17) is 14.2 Å². The van der Waals surface area contributed by atoms with Crippen LogP contribution in [0.25, 0.3) is 0 Å². The van der Waals surface area contributed by atoms with Crippen molar-refractivity contribution in [1.29, 1.82) is 0 Å². The zero-order chi connectivity index (χ0) is 14.3. The number of rotatable bonds is 8. The van der Waals surface area contributed by atoms with Crippen molar-refractivity contribution < 1.29 is 19.0 Å². The minimum Gasteiger partial charge on any atom is -0.488 e. The van der Waals surface area contributed by atoms with Gasteiger partial charge in [0, 0.05) is 17.7 Å². The lowest BCUT2D eigenvalue weighted by Gasteiger charge is -2.18. The maximum atomic E-state index is 11.6. The molecule has 0 saturated heterocycles. The van der Waals surface area contributed by atoms with E-state index < -0.39 is 6.29 Å². The number of hydrogen-bond donors (Lipinski definition) is 0. The van der Waals surface area contributed by atoms with Crippen LogP contribution in [0, 0.1) is 0 Å². The second-order valence-electron chi connectivity index (χ2n) is 3.85. The summed E-state index contributed by atoms with van der Waals surface area (Å²) in [4.78, 5) is 11.6. The number of carbonyl (C=O) groups is 1. The minimum atomic E-state index is -0.418. The van der Waals surface area contributed by atoms with Crippen molar-refractivity contribution in [3.8, 4) is 5.75 Å². The maximum Gasteiger partial charge on any atom is 0.191 e. The van der Waals surface area contributed by atoms with E-state index in [1.807, 2.05) is 19.9 Å². The van der Waals surface area contributed by atoms with Gasteiger partial charge in [-0.05, 0) is 39.0 Å². The summed E-state index contributed by atoms with van der Waals surface area (Å²) < 4.78 is 17.2. The molecule has 0 saturated carbocycles. The minimum absolute atomic E-state index is 0.0410. The quantitative estimate of drug-likeness (QED) is 0.541. The van der Waals surface area contributed by atoms with Gasteiger partial charge >= 0.3 is 0 Å². The third kappa shape index (κ3) is 5.30. The fourth-order valence-corrected chi connectivity index (χ4v) is 1.94. The van der Waals surface area contributed by atoms with Crippen molar-refractivity contribution in [3.05, 3.63) is 28.2 Å². The lowest BCUT2D eigenvalue weighted by atomic mass is 10.1. The number of ether oxygens (including phenoxy) is 3. The van der Waals surface area contributed by atoms with Gasteiger partial charge in [0.05, 0.1) is 5.56 Å². The summed E-state index contributed by atoms with van der Waals surface area (Å²) in [7, 11) is 0. The van der Waals surface area contributed by atoms with E-state index in [1.54, 1.807) is 12.1 Å². The topological polar surface area (TPSA) is 44.8 Å². The highest BCUT2D eigenvalue weighted by Crippen LogP contribution is 2.24. The van der Waals surface area contributed by atoms with E-state index in [0.29, 0.717) is 24.5 Å². The molecule has 0 aliphatic carbocycles. The van der Waals surface area contributed by atoms with Gasteiger partial charge in [0.25, 0.3) is 0 Å². The van der Waals surface area contributed by atoms with Crippen LogP contribution in [0.1, 0.15) is 31.1 Å². The summed E-state index contributed by atoms with van der Waals surface area (Å²) in [5.74, 6) is 0.501. The summed E-state index contributed by atoms with van der Waals surface area (Å²) >= 11 is 3.34. The van der Waals surface area contributed by atoms with Crippen LogP contribution in [0.4, 0.5) is 0 Å². The monoisotopic (exact) mass is 330 g/mol. The molecule has 0 N–H and O–H groups in total. The molecule has 0 aromatic heterocycles. The standard InChI is InChI=1S/C14H19BrO4/c1-4-17-14(18-5-2)9-19-13-7-6-11(15)8-12(13)10(3)16/h6-8,14H,4-5,9H2,1-3H3. The molecule has 19 heavy (non-hydrogen) atoms. The Morgan fingerprint density at radius 2 is 1.89 bits per heavy atom. The molecule has 1 aromatic carbocycles. The predicted molar refractivity (Wildman–Crippen MR) is 76.7 cm³/mol. The van der Waals surface area contributed by atoms with Crippen molar-refractivity contribution >= 4 is 21.7 Å². The van der Waals surface area contributed by atoms with Gasteiger partial charge in [-0.25, -0.2) is 0 Å². The van der Waals surface area contributed by atoms with Crippen LogP contribution < -0.4 is 4.74 Å². The third-order valence-corrected chi connectivity index (χ3v) is 2.89. The van der Waals surface area contributed by atoms with Crippen molar-refractivity contribution in [1.82, 2.24) is 0 Å². The Morgan fingerprint density at radius 1 is 1.26 bits per heavy atom. The number of carbonyl (C=O) groups excluding carboxylic acids is 1. The van der Waals surface area contributed by atoms with E-state index in [2.05, 4.69) is 15.9 Å². The van der Waals surface area contributed by atoms with Gasteiger partial charge in [-0.1, -0.05) is 15.9 Å².